The third-order valence-corrected chi connectivity index (χ3v) is 3.70. The molecular formula is C15H20ClNO. The van der Waals surface area contributed by atoms with Gasteiger partial charge in [0.2, 0.25) is 0 Å². The second-order valence-electron chi connectivity index (χ2n) is 4.98. The Kier molecular flexibility index (Phi) is 5.21. The number of carbonyl (C=O) groups is 1. The maximum Gasteiger partial charge on any atom is 0.176 e. The van der Waals surface area contributed by atoms with Gasteiger partial charge in [-0.15, -0.1) is 0 Å². The van der Waals surface area contributed by atoms with Gasteiger partial charge in [0.25, 0.3) is 0 Å². The summed E-state index contributed by atoms with van der Waals surface area (Å²) in [6.07, 6.45) is 6.35. The zero-order valence-electron chi connectivity index (χ0n) is 10.7. The second kappa shape index (κ2) is 6.91. The van der Waals surface area contributed by atoms with E-state index in [9.17, 15) is 4.79 Å². The average molecular weight is 266 g/mol. The predicted molar refractivity (Wildman–Crippen MR) is 75.3 cm³/mol. The lowest BCUT2D eigenvalue weighted by molar-refractivity contribution is 0.0924. The van der Waals surface area contributed by atoms with Gasteiger partial charge < -0.3 is 0 Å². The topological polar surface area (TPSA) is 20.3 Å². The number of ketones is 1. The van der Waals surface area contributed by atoms with Gasteiger partial charge in [0.15, 0.2) is 5.78 Å². The number of carbonyl (C=O) groups excluding carboxylic acids is 1. The predicted octanol–water partition coefficient (Wildman–Crippen LogP) is 3.79. The lowest BCUT2D eigenvalue weighted by Crippen LogP contribution is -2.32. The van der Waals surface area contributed by atoms with Gasteiger partial charge in [0.1, 0.15) is 0 Å². The molecule has 0 radical (unpaired) electrons. The van der Waals surface area contributed by atoms with Gasteiger partial charge in [0.05, 0.1) is 6.54 Å². The summed E-state index contributed by atoms with van der Waals surface area (Å²) in [7, 11) is 0. The minimum Gasteiger partial charge on any atom is -0.296 e. The molecule has 1 aliphatic heterocycles. The zero-order valence-corrected chi connectivity index (χ0v) is 11.5. The molecule has 1 fully saturated rings. The number of rotatable bonds is 3. The van der Waals surface area contributed by atoms with Gasteiger partial charge in [-0.3, -0.25) is 9.69 Å². The molecule has 1 aromatic rings. The van der Waals surface area contributed by atoms with E-state index in [0.717, 1.165) is 18.7 Å². The van der Waals surface area contributed by atoms with Crippen LogP contribution < -0.4 is 0 Å². The Bertz CT molecular complexity index is 397. The maximum atomic E-state index is 12.2. The van der Waals surface area contributed by atoms with Crippen LogP contribution in [0.2, 0.25) is 5.02 Å². The lowest BCUT2D eigenvalue weighted by atomic mass is 10.1. The molecule has 1 heterocycles. The van der Waals surface area contributed by atoms with Crippen LogP contribution >= 0.6 is 11.6 Å². The Morgan fingerprint density at radius 1 is 1.11 bits per heavy atom. The van der Waals surface area contributed by atoms with Crippen LogP contribution in [-0.4, -0.2) is 30.3 Å². The molecule has 1 aliphatic rings. The summed E-state index contributed by atoms with van der Waals surface area (Å²) in [5, 5.41) is 0.633. The first-order chi connectivity index (χ1) is 8.75. The fourth-order valence-corrected chi connectivity index (χ4v) is 2.62. The number of halogens is 1. The van der Waals surface area contributed by atoms with Crippen molar-refractivity contribution >= 4 is 17.4 Å². The van der Waals surface area contributed by atoms with Crippen molar-refractivity contribution < 1.29 is 4.79 Å². The van der Waals surface area contributed by atoms with Crippen LogP contribution in [0, 0.1) is 0 Å². The number of likely N-dealkylation sites (tertiary alicyclic amines) is 1. The summed E-state index contributed by atoms with van der Waals surface area (Å²) in [5.41, 5.74) is 0.726. The number of hydrogen-bond donors (Lipinski definition) is 0. The molecule has 1 saturated heterocycles. The molecule has 2 nitrogen and oxygen atoms in total. The molecule has 0 spiro atoms. The van der Waals surface area contributed by atoms with Crippen molar-refractivity contribution in [2.45, 2.75) is 32.1 Å². The van der Waals surface area contributed by atoms with E-state index in [1.165, 1.54) is 32.1 Å². The van der Waals surface area contributed by atoms with E-state index in [0.29, 0.717) is 11.6 Å². The van der Waals surface area contributed by atoms with Crippen LogP contribution in [0.15, 0.2) is 24.3 Å². The van der Waals surface area contributed by atoms with E-state index in [1.54, 1.807) is 12.1 Å². The molecule has 1 aromatic carbocycles. The van der Waals surface area contributed by atoms with Crippen LogP contribution in [0.1, 0.15) is 42.5 Å². The Labute approximate surface area is 114 Å². The van der Waals surface area contributed by atoms with Gasteiger partial charge in [-0.2, -0.15) is 0 Å². The second-order valence-corrected chi connectivity index (χ2v) is 5.41. The Hall–Kier alpha value is -0.860. The van der Waals surface area contributed by atoms with Gasteiger partial charge in [-0.1, -0.05) is 43.0 Å². The van der Waals surface area contributed by atoms with E-state index in [4.69, 9.17) is 11.6 Å². The molecule has 2 rings (SSSR count). The number of hydrogen-bond acceptors (Lipinski definition) is 2. The van der Waals surface area contributed by atoms with Crippen LogP contribution in [0.5, 0.6) is 0 Å². The highest BCUT2D eigenvalue weighted by atomic mass is 35.5. The van der Waals surface area contributed by atoms with E-state index in [-0.39, 0.29) is 5.78 Å². The molecule has 0 atom stereocenters. The normalized spacial score (nSPS) is 18.1. The Morgan fingerprint density at radius 2 is 1.78 bits per heavy atom. The third-order valence-electron chi connectivity index (χ3n) is 3.46. The third kappa shape index (κ3) is 4.11. The molecule has 18 heavy (non-hydrogen) atoms. The summed E-state index contributed by atoms with van der Waals surface area (Å²) >= 11 is 5.91. The molecular weight excluding hydrogens is 246 g/mol. The largest absolute Gasteiger partial charge is 0.296 e. The fraction of sp³-hybridized carbons (Fsp3) is 0.533. The van der Waals surface area contributed by atoms with Crippen molar-refractivity contribution in [2.75, 3.05) is 19.6 Å². The first kappa shape index (κ1) is 13.6. The molecule has 0 aliphatic carbocycles. The van der Waals surface area contributed by atoms with Crippen molar-refractivity contribution in [3.63, 3.8) is 0 Å². The summed E-state index contributed by atoms with van der Waals surface area (Å²) in [6, 6.07) is 7.24. The first-order valence-corrected chi connectivity index (χ1v) is 7.14. The highest BCUT2D eigenvalue weighted by Crippen LogP contribution is 2.14. The summed E-state index contributed by atoms with van der Waals surface area (Å²) in [6.45, 7) is 2.62. The lowest BCUT2D eigenvalue weighted by Gasteiger charge is -2.23. The molecule has 0 amide bonds. The minimum atomic E-state index is 0.179. The fourth-order valence-electron chi connectivity index (χ4n) is 2.43. The van der Waals surface area contributed by atoms with Crippen LogP contribution in [-0.2, 0) is 0 Å². The smallest absolute Gasteiger partial charge is 0.176 e. The van der Waals surface area contributed by atoms with E-state index in [1.807, 2.05) is 12.1 Å². The summed E-state index contributed by atoms with van der Waals surface area (Å²) in [4.78, 5) is 14.4. The molecule has 0 unspecified atom stereocenters. The Balaban J connectivity index is 1.93. The van der Waals surface area contributed by atoms with E-state index >= 15 is 0 Å². The number of benzene rings is 1. The number of Topliss-reactive ketones (excluding diaryl/α,β-unsaturated/α-hetero) is 1. The van der Waals surface area contributed by atoms with Crippen molar-refractivity contribution in [1.82, 2.24) is 4.90 Å². The van der Waals surface area contributed by atoms with Gasteiger partial charge in [0, 0.05) is 10.6 Å². The quantitative estimate of drug-likeness (QED) is 0.775. The molecule has 98 valence electrons. The number of nitrogens with zero attached hydrogens (tertiary/aromatic N) is 1. The average Bonchev–Trinajstić information content (AvgIpc) is 2.32. The Morgan fingerprint density at radius 3 is 2.44 bits per heavy atom. The SMILES string of the molecule is O=C(CN1CCCCCCC1)c1cccc(Cl)c1. The van der Waals surface area contributed by atoms with Crippen molar-refractivity contribution in [3.8, 4) is 0 Å². The van der Waals surface area contributed by atoms with Crippen LogP contribution in [0.4, 0.5) is 0 Å². The highest BCUT2D eigenvalue weighted by Gasteiger charge is 2.13. The molecule has 0 saturated carbocycles. The minimum absolute atomic E-state index is 0.179. The summed E-state index contributed by atoms with van der Waals surface area (Å²) < 4.78 is 0. The van der Waals surface area contributed by atoms with Gasteiger partial charge in [-0.05, 0) is 38.1 Å². The van der Waals surface area contributed by atoms with Crippen LogP contribution in [0.25, 0.3) is 0 Å². The maximum absolute atomic E-state index is 12.2. The van der Waals surface area contributed by atoms with Gasteiger partial charge >= 0.3 is 0 Å². The molecule has 0 bridgehead atoms. The molecule has 0 N–H and O–H groups in total. The highest BCUT2D eigenvalue weighted by molar-refractivity contribution is 6.31. The van der Waals surface area contributed by atoms with Crippen LogP contribution in [0.3, 0.4) is 0 Å². The summed E-state index contributed by atoms with van der Waals surface area (Å²) in [5.74, 6) is 0.179. The van der Waals surface area contributed by atoms with E-state index in [2.05, 4.69) is 4.90 Å². The molecule has 3 heteroatoms. The standard InChI is InChI=1S/C15H20ClNO/c16-14-8-6-7-13(11-14)15(18)12-17-9-4-2-1-3-5-10-17/h6-8,11H,1-5,9-10,12H2. The van der Waals surface area contributed by atoms with Gasteiger partial charge in [-0.25, -0.2) is 0 Å². The van der Waals surface area contributed by atoms with Crippen molar-refractivity contribution in [3.05, 3.63) is 34.9 Å². The van der Waals surface area contributed by atoms with E-state index < -0.39 is 0 Å². The molecule has 0 aromatic heterocycles. The monoisotopic (exact) mass is 265 g/mol. The van der Waals surface area contributed by atoms with Crippen molar-refractivity contribution in [2.24, 2.45) is 0 Å². The zero-order chi connectivity index (χ0) is 12.8. The first-order valence-electron chi connectivity index (χ1n) is 6.77. The van der Waals surface area contributed by atoms with Crippen molar-refractivity contribution in [1.29, 1.82) is 0 Å².